The van der Waals surface area contributed by atoms with Crippen LogP contribution in [0.3, 0.4) is 0 Å². The summed E-state index contributed by atoms with van der Waals surface area (Å²) in [5, 5.41) is 1.53. The minimum atomic E-state index is -0.524. The lowest BCUT2D eigenvalue weighted by Gasteiger charge is -2.08. The molecule has 5 nitrogen and oxygen atoms in total. The maximum Gasteiger partial charge on any atom is 0.351 e. The number of halogens is 3. The molecule has 0 aliphatic rings. The van der Waals surface area contributed by atoms with Crippen molar-refractivity contribution >= 4 is 51.5 Å². The largest absolute Gasteiger partial charge is 0.487 e. The first-order valence-electron chi connectivity index (χ1n) is 8.38. The first kappa shape index (κ1) is 19.7. The van der Waals surface area contributed by atoms with E-state index in [0.29, 0.717) is 26.2 Å². The van der Waals surface area contributed by atoms with Crippen LogP contribution in [0.1, 0.15) is 15.2 Å². The Bertz CT molecular complexity index is 1220. The minimum absolute atomic E-state index is 0.0653. The predicted molar refractivity (Wildman–Crippen MR) is 111 cm³/mol. The van der Waals surface area contributed by atoms with Gasteiger partial charge in [-0.2, -0.15) is 0 Å². The van der Waals surface area contributed by atoms with Gasteiger partial charge in [0.05, 0.1) is 23.2 Å². The number of thiophene rings is 1. The average Bonchev–Trinajstić information content (AvgIpc) is 3.30. The lowest BCUT2D eigenvalue weighted by molar-refractivity contribution is 0.0601. The number of nitrogens with zero attached hydrogens (tertiary/aromatic N) is 2. The molecule has 2 aromatic heterocycles. The molecule has 0 radical (unpaired) electrons. The van der Waals surface area contributed by atoms with Gasteiger partial charge in [0, 0.05) is 16.7 Å². The van der Waals surface area contributed by atoms with Crippen molar-refractivity contribution in [1.29, 1.82) is 0 Å². The summed E-state index contributed by atoms with van der Waals surface area (Å²) < 4.78 is 25.8. The average molecular weight is 451 g/mol. The summed E-state index contributed by atoms with van der Waals surface area (Å²) in [7, 11) is 1.30. The Labute approximate surface area is 179 Å². The topological polar surface area (TPSA) is 53.4 Å². The van der Waals surface area contributed by atoms with Crippen molar-refractivity contribution in [2.24, 2.45) is 0 Å². The maximum absolute atomic E-state index is 13.2. The molecule has 0 saturated carbocycles. The van der Waals surface area contributed by atoms with Crippen molar-refractivity contribution in [3.05, 3.63) is 75.1 Å². The van der Waals surface area contributed by atoms with Gasteiger partial charge in [0.15, 0.2) is 4.88 Å². The number of ether oxygens (including phenoxy) is 2. The highest BCUT2D eigenvalue weighted by Gasteiger charge is 2.21. The van der Waals surface area contributed by atoms with E-state index < -0.39 is 11.8 Å². The van der Waals surface area contributed by atoms with Crippen LogP contribution in [0.15, 0.2) is 48.8 Å². The number of imidazole rings is 1. The third-order valence-corrected chi connectivity index (χ3v) is 5.88. The molecule has 0 spiro atoms. The second-order valence-electron chi connectivity index (χ2n) is 6.04. The van der Waals surface area contributed by atoms with Gasteiger partial charge >= 0.3 is 5.97 Å². The van der Waals surface area contributed by atoms with E-state index in [9.17, 15) is 9.18 Å². The number of hydrogen-bond acceptors (Lipinski definition) is 5. The Morgan fingerprint density at radius 3 is 2.79 bits per heavy atom. The molecule has 4 rings (SSSR count). The van der Waals surface area contributed by atoms with Gasteiger partial charge in [-0.3, -0.25) is 4.57 Å². The van der Waals surface area contributed by atoms with Gasteiger partial charge in [0.25, 0.3) is 0 Å². The van der Waals surface area contributed by atoms with Crippen molar-refractivity contribution < 1.29 is 18.7 Å². The number of rotatable bonds is 5. The van der Waals surface area contributed by atoms with E-state index in [2.05, 4.69) is 4.98 Å². The van der Waals surface area contributed by atoms with E-state index in [1.165, 1.54) is 36.6 Å². The summed E-state index contributed by atoms with van der Waals surface area (Å²) in [5.74, 6) is -0.623. The molecule has 0 fully saturated rings. The normalized spacial score (nSPS) is 11.0. The fourth-order valence-corrected chi connectivity index (χ4v) is 4.17. The van der Waals surface area contributed by atoms with E-state index in [1.54, 1.807) is 24.5 Å². The highest BCUT2D eigenvalue weighted by Crippen LogP contribution is 2.35. The molecule has 0 unspecified atom stereocenters. The fraction of sp³-hybridized carbons (Fsp3) is 0.100. The molecule has 9 heteroatoms. The number of methoxy groups -OCH3 is 1. The van der Waals surface area contributed by atoms with Gasteiger partial charge in [0.1, 0.15) is 29.5 Å². The molecule has 0 aliphatic heterocycles. The lowest BCUT2D eigenvalue weighted by atomic mass is 10.2. The van der Waals surface area contributed by atoms with E-state index in [1.807, 2.05) is 10.6 Å². The van der Waals surface area contributed by atoms with E-state index in [-0.39, 0.29) is 11.6 Å². The molecule has 0 amide bonds. The number of benzene rings is 2. The summed E-state index contributed by atoms with van der Waals surface area (Å²) in [6.07, 6.45) is 1.65. The molecule has 29 heavy (non-hydrogen) atoms. The molecular weight excluding hydrogens is 438 g/mol. The molecule has 4 aromatic rings. The van der Waals surface area contributed by atoms with E-state index in [0.717, 1.165) is 11.0 Å². The van der Waals surface area contributed by atoms with Crippen molar-refractivity contribution in [3.63, 3.8) is 0 Å². The lowest BCUT2D eigenvalue weighted by Crippen LogP contribution is -2.03. The van der Waals surface area contributed by atoms with Gasteiger partial charge in [-0.25, -0.2) is 14.2 Å². The zero-order chi connectivity index (χ0) is 20.5. The third kappa shape index (κ3) is 3.94. The molecule has 148 valence electrons. The zero-order valence-corrected chi connectivity index (χ0v) is 17.3. The Morgan fingerprint density at radius 2 is 2.03 bits per heavy atom. The zero-order valence-electron chi connectivity index (χ0n) is 15.0. The van der Waals surface area contributed by atoms with Gasteiger partial charge in [-0.05, 0) is 30.3 Å². The molecule has 0 saturated heterocycles. The number of carbonyl (C=O) groups excluding carboxylic acids is 1. The van der Waals surface area contributed by atoms with Crippen LogP contribution in [-0.4, -0.2) is 22.6 Å². The molecule has 0 aliphatic carbocycles. The molecule has 0 atom stereocenters. The van der Waals surface area contributed by atoms with Gasteiger partial charge < -0.3 is 9.47 Å². The van der Waals surface area contributed by atoms with Crippen LogP contribution >= 0.6 is 34.5 Å². The molecule has 2 heterocycles. The summed E-state index contributed by atoms with van der Waals surface area (Å²) in [4.78, 5) is 16.9. The van der Waals surface area contributed by atoms with Gasteiger partial charge in [0.2, 0.25) is 0 Å². The van der Waals surface area contributed by atoms with E-state index >= 15 is 0 Å². The minimum Gasteiger partial charge on any atom is -0.487 e. The standard InChI is InChI=1S/C20H13Cl2FN2O3S/c1-27-20(26)19-17(28-9-11-2-4-13(23)7-14(11)22)8-18(29-19)25-10-24-15-5-3-12(21)6-16(15)25/h2-8,10H,9H2,1H3. The summed E-state index contributed by atoms with van der Waals surface area (Å²) in [5.41, 5.74) is 2.16. The maximum atomic E-state index is 13.2. The van der Waals surface area contributed by atoms with Crippen molar-refractivity contribution in [1.82, 2.24) is 9.55 Å². The number of fused-ring (bicyclic) bond motifs is 1. The van der Waals surface area contributed by atoms with Crippen LogP contribution in [0, 0.1) is 5.82 Å². The molecule has 2 aromatic carbocycles. The van der Waals surface area contributed by atoms with Crippen LogP contribution in [-0.2, 0) is 11.3 Å². The van der Waals surface area contributed by atoms with Crippen molar-refractivity contribution in [3.8, 4) is 10.8 Å². The summed E-state index contributed by atoms with van der Waals surface area (Å²) >= 11 is 13.4. The van der Waals surface area contributed by atoms with E-state index in [4.69, 9.17) is 32.7 Å². The molecule has 0 N–H and O–H groups in total. The Kier molecular flexibility index (Phi) is 5.45. The SMILES string of the molecule is COC(=O)c1sc(-n2cnc3ccc(Cl)cc32)cc1OCc1ccc(F)cc1Cl. The van der Waals surface area contributed by atoms with Crippen molar-refractivity contribution in [2.75, 3.05) is 7.11 Å². The van der Waals surface area contributed by atoms with Crippen LogP contribution in [0.5, 0.6) is 5.75 Å². The summed E-state index contributed by atoms with van der Waals surface area (Å²) in [6, 6.07) is 11.1. The Hall–Kier alpha value is -2.61. The van der Waals surface area contributed by atoms with Crippen LogP contribution in [0.2, 0.25) is 10.0 Å². The molecular formula is C20H13Cl2FN2O3S. The smallest absolute Gasteiger partial charge is 0.351 e. The summed E-state index contributed by atoms with van der Waals surface area (Å²) in [6.45, 7) is 0.0653. The predicted octanol–water partition coefficient (Wildman–Crippen LogP) is 5.90. The first-order valence-corrected chi connectivity index (χ1v) is 9.95. The highest BCUT2D eigenvalue weighted by atomic mass is 35.5. The molecule has 0 bridgehead atoms. The monoisotopic (exact) mass is 450 g/mol. The fourth-order valence-electron chi connectivity index (χ4n) is 2.77. The first-order chi connectivity index (χ1) is 14.0. The number of hydrogen-bond donors (Lipinski definition) is 0. The number of esters is 1. The number of carbonyl (C=O) groups is 1. The Morgan fingerprint density at radius 1 is 1.21 bits per heavy atom. The number of aromatic nitrogens is 2. The van der Waals surface area contributed by atoms with Gasteiger partial charge in [-0.15, -0.1) is 11.3 Å². The quantitative estimate of drug-likeness (QED) is 0.355. The van der Waals surface area contributed by atoms with Crippen LogP contribution in [0.4, 0.5) is 4.39 Å². The van der Waals surface area contributed by atoms with Gasteiger partial charge in [-0.1, -0.05) is 29.3 Å². The highest BCUT2D eigenvalue weighted by molar-refractivity contribution is 7.16. The van der Waals surface area contributed by atoms with Crippen LogP contribution < -0.4 is 4.74 Å². The third-order valence-electron chi connectivity index (χ3n) is 4.20. The van der Waals surface area contributed by atoms with Crippen molar-refractivity contribution in [2.45, 2.75) is 6.61 Å². The second kappa shape index (κ2) is 8.02. The van der Waals surface area contributed by atoms with Crippen LogP contribution in [0.25, 0.3) is 16.0 Å². The Balaban J connectivity index is 1.71. The second-order valence-corrected chi connectivity index (χ2v) is 7.92.